The number of thioether (sulfide) groups is 2. The van der Waals surface area contributed by atoms with Crippen molar-refractivity contribution < 1.29 is 4.79 Å². The highest BCUT2D eigenvalue weighted by Crippen LogP contribution is 2.46. The molecule has 23 heavy (non-hydrogen) atoms. The van der Waals surface area contributed by atoms with Crippen LogP contribution in [-0.2, 0) is 4.79 Å². The van der Waals surface area contributed by atoms with Crippen molar-refractivity contribution in [2.45, 2.75) is 25.7 Å². The maximum absolute atomic E-state index is 12.4. The number of thiocarbonyl (C=S) groups is 1. The molecule has 1 aromatic carbocycles. The van der Waals surface area contributed by atoms with Crippen molar-refractivity contribution in [3.63, 3.8) is 0 Å². The molecule has 0 spiro atoms. The average molecular weight is 363 g/mol. The van der Waals surface area contributed by atoms with E-state index < -0.39 is 0 Å². The molecule has 120 valence electrons. The van der Waals surface area contributed by atoms with Gasteiger partial charge in [0.15, 0.2) is 0 Å². The summed E-state index contributed by atoms with van der Waals surface area (Å²) < 4.78 is 0.653. The van der Waals surface area contributed by atoms with E-state index in [1.165, 1.54) is 22.3 Å². The second-order valence-corrected chi connectivity index (χ2v) is 7.93. The van der Waals surface area contributed by atoms with Crippen LogP contribution in [-0.4, -0.2) is 28.2 Å². The molecule has 0 atom stereocenters. The number of benzene rings is 1. The third-order valence-corrected chi connectivity index (χ3v) is 6.49. The van der Waals surface area contributed by atoms with Gasteiger partial charge in [-0.3, -0.25) is 9.69 Å². The van der Waals surface area contributed by atoms with Crippen LogP contribution in [0.5, 0.6) is 0 Å². The van der Waals surface area contributed by atoms with E-state index in [2.05, 4.69) is 42.2 Å². The Morgan fingerprint density at radius 2 is 1.87 bits per heavy atom. The maximum Gasteiger partial charge on any atom is 0.266 e. The zero-order valence-electron chi connectivity index (χ0n) is 13.3. The van der Waals surface area contributed by atoms with Crippen molar-refractivity contribution in [2.24, 2.45) is 0 Å². The minimum Gasteiger partial charge on any atom is -0.335 e. The van der Waals surface area contributed by atoms with Crippen LogP contribution in [0.25, 0.3) is 0 Å². The molecule has 6 heteroatoms. The highest BCUT2D eigenvalue weighted by atomic mass is 32.2. The van der Waals surface area contributed by atoms with Gasteiger partial charge >= 0.3 is 0 Å². The normalized spacial score (nSPS) is 21.4. The zero-order chi connectivity index (χ0) is 16.6. The molecule has 0 aliphatic carbocycles. The van der Waals surface area contributed by atoms with Crippen LogP contribution in [0.2, 0.25) is 0 Å². The molecule has 3 rings (SSSR count). The first-order valence-corrected chi connectivity index (χ1v) is 9.61. The SMILES string of the molecule is CCN1C(=O)C(=C(C)C=C2Sc3ccccc3N2CC)SC1=S. The first kappa shape index (κ1) is 16.6. The van der Waals surface area contributed by atoms with Gasteiger partial charge in [0.05, 0.1) is 15.6 Å². The number of allylic oxidation sites excluding steroid dienone is 2. The maximum atomic E-state index is 12.4. The van der Waals surface area contributed by atoms with Crippen LogP contribution in [0.3, 0.4) is 0 Å². The molecule has 0 radical (unpaired) electrons. The number of para-hydroxylation sites is 1. The minimum atomic E-state index is 0.0282. The average Bonchev–Trinajstić information content (AvgIpc) is 3.03. The molecular formula is C17H18N2OS3. The minimum absolute atomic E-state index is 0.0282. The molecule has 3 nitrogen and oxygen atoms in total. The summed E-state index contributed by atoms with van der Waals surface area (Å²) in [5.41, 5.74) is 2.22. The molecule has 2 heterocycles. The van der Waals surface area contributed by atoms with Gasteiger partial charge in [-0.15, -0.1) is 0 Å². The molecule has 0 N–H and O–H groups in total. The summed E-state index contributed by atoms with van der Waals surface area (Å²) in [4.78, 5) is 18.4. The fraction of sp³-hybridized carbons (Fsp3) is 0.294. The Morgan fingerprint density at radius 1 is 1.17 bits per heavy atom. The molecule has 0 unspecified atom stereocenters. The predicted molar refractivity (Wildman–Crippen MR) is 104 cm³/mol. The summed E-state index contributed by atoms with van der Waals surface area (Å²) in [6.45, 7) is 7.61. The summed E-state index contributed by atoms with van der Waals surface area (Å²) in [5, 5.41) is 1.16. The van der Waals surface area contributed by atoms with E-state index in [-0.39, 0.29) is 5.91 Å². The van der Waals surface area contributed by atoms with E-state index >= 15 is 0 Å². The number of nitrogens with zero attached hydrogens (tertiary/aromatic N) is 2. The van der Waals surface area contributed by atoms with Gasteiger partial charge in [0.1, 0.15) is 4.32 Å². The molecule has 1 aromatic rings. The lowest BCUT2D eigenvalue weighted by molar-refractivity contribution is -0.122. The molecular weight excluding hydrogens is 344 g/mol. The number of likely N-dealkylation sites (N-methyl/N-ethyl adjacent to an activating group) is 1. The van der Waals surface area contributed by atoms with Crippen molar-refractivity contribution in [2.75, 3.05) is 18.0 Å². The molecule has 1 amide bonds. The van der Waals surface area contributed by atoms with Crippen molar-refractivity contribution in [1.29, 1.82) is 0 Å². The Labute approximate surface area is 150 Å². The number of carbonyl (C=O) groups is 1. The van der Waals surface area contributed by atoms with Crippen LogP contribution in [0.1, 0.15) is 20.8 Å². The van der Waals surface area contributed by atoms with Crippen LogP contribution in [0.4, 0.5) is 5.69 Å². The van der Waals surface area contributed by atoms with Crippen LogP contribution in [0.15, 0.2) is 50.7 Å². The summed E-state index contributed by atoms with van der Waals surface area (Å²) in [6, 6.07) is 8.39. The second-order valence-electron chi connectivity index (χ2n) is 5.23. The number of fused-ring (bicyclic) bond motifs is 1. The lowest BCUT2D eigenvalue weighted by Crippen LogP contribution is -2.27. The fourth-order valence-corrected chi connectivity index (χ4v) is 5.25. The lowest BCUT2D eigenvalue weighted by Gasteiger charge is -2.18. The monoisotopic (exact) mass is 362 g/mol. The van der Waals surface area contributed by atoms with E-state index in [0.717, 1.165) is 22.1 Å². The lowest BCUT2D eigenvalue weighted by atomic mass is 10.2. The number of carbonyl (C=O) groups excluding carboxylic acids is 1. The van der Waals surface area contributed by atoms with Gasteiger partial charge in [-0.1, -0.05) is 47.9 Å². The van der Waals surface area contributed by atoms with Crippen molar-refractivity contribution in [3.8, 4) is 0 Å². The molecule has 2 aliphatic rings. The van der Waals surface area contributed by atoms with Crippen LogP contribution >= 0.6 is 35.7 Å². The highest BCUT2D eigenvalue weighted by molar-refractivity contribution is 8.26. The topological polar surface area (TPSA) is 23.6 Å². The van der Waals surface area contributed by atoms with Gasteiger partial charge < -0.3 is 4.90 Å². The molecule has 1 saturated heterocycles. The first-order chi connectivity index (χ1) is 11.1. The first-order valence-electron chi connectivity index (χ1n) is 7.57. The Kier molecular flexibility index (Phi) is 4.85. The summed E-state index contributed by atoms with van der Waals surface area (Å²) in [5.74, 6) is 0.0282. The largest absolute Gasteiger partial charge is 0.335 e. The molecule has 1 fully saturated rings. The van der Waals surface area contributed by atoms with Gasteiger partial charge in [0, 0.05) is 18.0 Å². The van der Waals surface area contributed by atoms with E-state index in [1.807, 2.05) is 13.8 Å². The zero-order valence-corrected chi connectivity index (χ0v) is 15.8. The Hall–Kier alpha value is -1.24. The highest BCUT2D eigenvalue weighted by Gasteiger charge is 2.32. The van der Waals surface area contributed by atoms with Crippen molar-refractivity contribution in [1.82, 2.24) is 4.90 Å². The Balaban J connectivity index is 1.95. The molecule has 0 saturated carbocycles. The third kappa shape index (κ3) is 2.95. The molecule has 2 aliphatic heterocycles. The van der Waals surface area contributed by atoms with E-state index in [1.54, 1.807) is 16.7 Å². The number of rotatable bonds is 3. The Bertz CT molecular complexity index is 739. The standard InChI is InChI=1S/C17H18N2OS3/c1-4-18-12-8-6-7-9-13(12)22-14(18)10-11(3)15-16(20)19(5-2)17(21)23-15/h6-10H,4-5H2,1-3H3. The number of hydrogen-bond acceptors (Lipinski definition) is 5. The third-order valence-electron chi connectivity index (χ3n) is 3.82. The summed E-state index contributed by atoms with van der Waals surface area (Å²) >= 11 is 8.45. The van der Waals surface area contributed by atoms with Gasteiger partial charge in [-0.05, 0) is 44.6 Å². The van der Waals surface area contributed by atoms with Crippen LogP contribution in [0, 0.1) is 0 Å². The summed E-state index contributed by atoms with van der Waals surface area (Å²) in [7, 11) is 0. The van der Waals surface area contributed by atoms with E-state index in [9.17, 15) is 4.79 Å². The van der Waals surface area contributed by atoms with Gasteiger partial charge in [0.25, 0.3) is 5.91 Å². The van der Waals surface area contributed by atoms with Gasteiger partial charge in [-0.25, -0.2) is 0 Å². The van der Waals surface area contributed by atoms with E-state index in [0.29, 0.717) is 10.9 Å². The number of hydrogen-bond donors (Lipinski definition) is 0. The number of anilines is 1. The van der Waals surface area contributed by atoms with Gasteiger partial charge in [0.2, 0.25) is 0 Å². The quantitative estimate of drug-likeness (QED) is 0.577. The molecule has 0 bridgehead atoms. The van der Waals surface area contributed by atoms with E-state index in [4.69, 9.17) is 12.2 Å². The second kappa shape index (κ2) is 6.71. The van der Waals surface area contributed by atoms with Crippen LogP contribution < -0.4 is 4.90 Å². The summed E-state index contributed by atoms with van der Waals surface area (Å²) in [6.07, 6.45) is 2.11. The Morgan fingerprint density at radius 3 is 2.52 bits per heavy atom. The fourth-order valence-electron chi connectivity index (χ4n) is 2.65. The smallest absolute Gasteiger partial charge is 0.266 e. The van der Waals surface area contributed by atoms with Crippen molar-refractivity contribution in [3.05, 3.63) is 45.8 Å². The van der Waals surface area contributed by atoms with Gasteiger partial charge in [-0.2, -0.15) is 0 Å². The predicted octanol–water partition coefficient (Wildman–Crippen LogP) is 4.61. The number of amides is 1. The van der Waals surface area contributed by atoms with Crippen molar-refractivity contribution >= 4 is 51.7 Å². The molecule has 0 aromatic heterocycles.